The maximum absolute atomic E-state index is 13.5. The van der Waals surface area contributed by atoms with E-state index in [-0.39, 0.29) is 11.7 Å². The highest BCUT2D eigenvalue weighted by molar-refractivity contribution is 7.99. The third-order valence-corrected chi connectivity index (χ3v) is 8.52. The van der Waals surface area contributed by atoms with Gasteiger partial charge in [-0.2, -0.15) is 0 Å². The Bertz CT molecular complexity index is 1620. The number of hydrogen-bond acceptors (Lipinski definition) is 6. The van der Waals surface area contributed by atoms with Crippen molar-refractivity contribution in [2.45, 2.75) is 37.5 Å². The molecule has 1 saturated heterocycles. The number of para-hydroxylation sites is 1. The highest BCUT2D eigenvalue weighted by Gasteiger charge is 2.21. The number of carbonyl (C=O) groups is 1. The molecule has 0 spiro atoms. The van der Waals surface area contributed by atoms with Gasteiger partial charge in [0.15, 0.2) is 5.65 Å². The number of unbranched alkanes of at least 4 members (excludes halogenated alkanes) is 1. The Hall–Kier alpha value is -3.82. The number of fused-ring (bicyclic) bond motifs is 3. The van der Waals surface area contributed by atoms with Crippen LogP contribution >= 0.6 is 11.8 Å². The predicted octanol–water partition coefficient (Wildman–Crippen LogP) is 5.77. The van der Waals surface area contributed by atoms with E-state index in [1.54, 1.807) is 23.9 Å². The van der Waals surface area contributed by atoms with E-state index in [1.807, 2.05) is 29.2 Å². The number of carbonyl (C=O) groups excluding carboxylic acids is 1. The van der Waals surface area contributed by atoms with Crippen molar-refractivity contribution in [1.82, 2.24) is 29.5 Å². The fourth-order valence-electron chi connectivity index (χ4n) is 5.38. The summed E-state index contributed by atoms with van der Waals surface area (Å²) in [7, 11) is 0. The van der Waals surface area contributed by atoms with Gasteiger partial charge in [0.05, 0.1) is 5.52 Å². The van der Waals surface area contributed by atoms with Crippen molar-refractivity contribution in [2.75, 3.05) is 31.9 Å². The molecule has 1 aliphatic rings. The van der Waals surface area contributed by atoms with Crippen molar-refractivity contribution in [3.63, 3.8) is 0 Å². The molecule has 1 fully saturated rings. The Kier molecular flexibility index (Phi) is 8.53. The summed E-state index contributed by atoms with van der Waals surface area (Å²) in [4.78, 5) is 22.1. The van der Waals surface area contributed by atoms with Crippen LogP contribution in [0.1, 0.15) is 30.4 Å². The number of halogens is 1. The SMILES string of the molecule is O=C(CCCCSc1nnc2c3ccccc3n(Cc3ccc(F)cc3)c2n1)N1CCN(Cc2ccccc2)CC1. The first-order valence-corrected chi connectivity index (χ1v) is 15.2. The van der Waals surface area contributed by atoms with Gasteiger partial charge in [0.2, 0.25) is 11.1 Å². The summed E-state index contributed by atoms with van der Waals surface area (Å²) < 4.78 is 15.6. The zero-order valence-corrected chi connectivity index (χ0v) is 23.8. The molecule has 0 saturated carbocycles. The Morgan fingerprint density at radius 3 is 2.34 bits per heavy atom. The summed E-state index contributed by atoms with van der Waals surface area (Å²) in [6.07, 6.45) is 2.32. The van der Waals surface area contributed by atoms with Gasteiger partial charge in [-0.3, -0.25) is 9.69 Å². The van der Waals surface area contributed by atoms with Gasteiger partial charge >= 0.3 is 0 Å². The van der Waals surface area contributed by atoms with E-state index < -0.39 is 0 Å². The molecule has 1 amide bonds. The molecule has 0 bridgehead atoms. The molecular formula is C32H33FN6OS. The number of benzene rings is 3. The maximum atomic E-state index is 13.5. The van der Waals surface area contributed by atoms with Gasteiger partial charge in [0.25, 0.3) is 0 Å². The monoisotopic (exact) mass is 568 g/mol. The lowest BCUT2D eigenvalue weighted by Gasteiger charge is -2.34. The lowest BCUT2D eigenvalue weighted by atomic mass is 10.2. The lowest BCUT2D eigenvalue weighted by molar-refractivity contribution is -0.133. The summed E-state index contributed by atoms with van der Waals surface area (Å²) in [5.74, 6) is 0.824. The lowest BCUT2D eigenvalue weighted by Crippen LogP contribution is -2.48. The molecule has 41 heavy (non-hydrogen) atoms. The van der Waals surface area contributed by atoms with E-state index in [0.717, 1.165) is 78.9 Å². The van der Waals surface area contributed by atoms with E-state index in [1.165, 1.54) is 17.7 Å². The van der Waals surface area contributed by atoms with Gasteiger partial charge in [-0.15, -0.1) is 10.2 Å². The topological polar surface area (TPSA) is 67.2 Å². The summed E-state index contributed by atoms with van der Waals surface area (Å²) in [5.41, 5.74) is 4.87. The van der Waals surface area contributed by atoms with E-state index in [4.69, 9.17) is 4.98 Å². The van der Waals surface area contributed by atoms with Gasteiger partial charge in [0.1, 0.15) is 11.3 Å². The van der Waals surface area contributed by atoms with E-state index in [0.29, 0.717) is 18.1 Å². The van der Waals surface area contributed by atoms with Gasteiger partial charge in [0, 0.05) is 56.8 Å². The molecule has 0 aliphatic carbocycles. The molecule has 0 N–H and O–H groups in total. The van der Waals surface area contributed by atoms with Crippen LogP contribution in [-0.2, 0) is 17.9 Å². The van der Waals surface area contributed by atoms with Crippen LogP contribution in [0.25, 0.3) is 22.1 Å². The minimum atomic E-state index is -0.248. The molecule has 7 nitrogen and oxygen atoms in total. The van der Waals surface area contributed by atoms with Gasteiger partial charge in [-0.05, 0) is 42.2 Å². The first-order chi connectivity index (χ1) is 20.1. The number of rotatable bonds is 10. The van der Waals surface area contributed by atoms with Gasteiger partial charge in [-0.25, -0.2) is 9.37 Å². The average molecular weight is 569 g/mol. The largest absolute Gasteiger partial charge is 0.340 e. The summed E-state index contributed by atoms with van der Waals surface area (Å²) in [5, 5.41) is 10.5. The Morgan fingerprint density at radius 1 is 0.805 bits per heavy atom. The zero-order chi connectivity index (χ0) is 28.0. The van der Waals surface area contributed by atoms with Crippen molar-refractivity contribution >= 4 is 39.7 Å². The third kappa shape index (κ3) is 6.57. The quantitative estimate of drug-likeness (QED) is 0.157. The van der Waals surface area contributed by atoms with Crippen molar-refractivity contribution in [3.8, 4) is 0 Å². The number of nitrogens with zero attached hydrogens (tertiary/aromatic N) is 6. The van der Waals surface area contributed by atoms with Crippen LogP contribution in [0.2, 0.25) is 0 Å². The molecule has 6 rings (SSSR count). The molecule has 3 heterocycles. The summed E-state index contributed by atoms with van der Waals surface area (Å²) in [6, 6.07) is 25.1. The Labute approximate surface area is 243 Å². The molecule has 0 unspecified atom stereocenters. The Morgan fingerprint density at radius 2 is 1.54 bits per heavy atom. The standard InChI is InChI=1S/C32H33FN6OS/c33-26-15-13-25(14-16-26)23-39-28-11-5-4-10-27(28)30-31(39)34-32(36-35-30)41-21-7-6-12-29(40)38-19-17-37(18-20-38)22-24-8-2-1-3-9-24/h1-5,8-11,13-16H,6-7,12,17-23H2. The molecule has 5 aromatic rings. The minimum absolute atomic E-state index is 0.248. The summed E-state index contributed by atoms with van der Waals surface area (Å²) in [6.45, 7) is 4.94. The van der Waals surface area contributed by atoms with Crippen LogP contribution in [0.15, 0.2) is 84.0 Å². The van der Waals surface area contributed by atoms with Crippen molar-refractivity contribution in [1.29, 1.82) is 0 Å². The Balaban J connectivity index is 1.01. The molecular weight excluding hydrogens is 535 g/mol. The second-order valence-corrected chi connectivity index (χ2v) is 11.5. The first kappa shape index (κ1) is 27.4. The van der Waals surface area contributed by atoms with Crippen LogP contribution in [0.4, 0.5) is 4.39 Å². The highest BCUT2D eigenvalue weighted by atomic mass is 32.2. The van der Waals surface area contributed by atoms with Gasteiger partial charge in [-0.1, -0.05) is 72.4 Å². The molecule has 2 aromatic heterocycles. The molecule has 210 valence electrons. The van der Waals surface area contributed by atoms with Crippen LogP contribution in [-0.4, -0.2) is 67.4 Å². The average Bonchev–Trinajstić information content (AvgIpc) is 3.31. The number of piperazine rings is 1. The number of amides is 1. The van der Waals surface area contributed by atoms with E-state index >= 15 is 0 Å². The van der Waals surface area contributed by atoms with Crippen LogP contribution in [0, 0.1) is 5.82 Å². The number of hydrogen-bond donors (Lipinski definition) is 0. The fourth-order valence-corrected chi connectivity index (χ4v) is 6.16. The zero-order valence-electron chi connectivity index (χ0n) is 23.0. The minimum Gasteiger partial charge on any atom is -0.340 e. The van der Waals surface area contributed by atoms with E-state index in [9.17, 15) is 9.18 Å². The van der Waals surface area contributed by atoms with Gasteiger partial charge < -0.3 is 9.47 Å². The first-order valence-electron chi connectivity index (χ1n) is 14.2. The van der Waals surface area contributed by atoms with Crippen LogP contribution in [0.5, 0.6) is 0 Å². The van der Waals surface area contributed by atoms with Crippen LogP contribution in [0.3, 0.4) is 0 Å². The molecule has 0 radical (unpaired) electrons. The van der Waals surface area contributed by atoms with Crippen molar-refractivity contribution in [3.05, 3.63) is 95.8 Å². The second kappa shape index (κ2) is 12.8. The molecule has 9 heteroatoms. The van der Waals surface area contributed by atoms with Crippen LogP contribution < -0.4 is 0 Å². The maximum Gasteiger partial charge on any atom is 0.222 e. The predicted molar refractivity (Wildman–Crippen MR) is 161 cm³/mol. The fraction of sp³-hybridized carbons (Fsp3) is 0.312. The number of aromatic nitrogens is 4. The summed E-state index contributed by atoms with van der Waals surface area (Å²) >= 11 is 1.57. The highest BCUT2D eigenvalue weighted by Crippen LogP contribution is 2.28. The van der Waals surface area contributed by atoms with Crippen molar-refractivity contribution < 1.29 is 9.18 Å². The molecule has 3 aromatic carbocycles. The smallest absolute Gasteiger partial charge is 0.222 e. The van der Waals surface area contributed by atoms with Crippen molar-refractivity contribution in [2.24, 2.45) is 0 Å². The third-order valence-electron chi connectivity index (χ3n) is 7.60. The normalized spacial score (nSPS) is 14.2. The number of thioether (sulfide) groups is 1. The molecule has 0 atom stereocenters. The van der Waals surface area contributed by atoms with E-state index in [2.05, 4.69) is 50.0 Å². The molecule has 1 aliphatic heterocycles. The second-order valence-electron chi connectivity index (χ2n) is 10.4.